The van der Waals surface area contributed by atoms with Gasteiger partial charge in [-0.25, -0.2) is 4.68 Å². The van der Waals surface area contributed by atoms with Crippen molar-refractivity contribution in [2.75, 3.05) is 19.7 Å². The number of benzene rings is 1. The maximum Gasteiger partial charge on any atom is 0.253 e. The maximum atomic E-state index is 12.3. The van der Waals surface area contributed by atoms with Gasteiger partial charge >= 0.3 is 0 Å². The lowest BCUT2D eigenvalue weighted by Gasteiger charge is -2.19. The number of amides is 1. The quantitative estimate of drug-likeness (QED) is 0.921. The number of aromatic nitrogens is 2. The average molecular weight is 322 g/mol. The second-order valence-corrected chi connectivity index (χ2v) is 5.43. The van der Waals surface area contributed by atoms with Gasteiger partial charge in [-0.05, 0) is 45.0 Å². The van der Waals surface area contributed by atoms with Crippen molar-refractivity contribution in [2.45, 2.75) is 20.8 Å². The third-order valence-corrected chi connectivity index (χ3v) is 4.15. The highest BCUT2D eigenvalue weighted by Crippen LogP contribution is 2.22. The Balaban J connectivity index is 2.27. The van der Waals surface area contributed by atoms with Gasteiger partial charge in [0.05, 0.1) is 28.7 Å². The molecular weight excluding hydrogens is 302 g/mol. The molecule has 2 aromatic rings. The molecule has 5 nitrogen and oxygen atoms in total. The largest absolute Gasteiger partial charge is 0.395 e. The van der Waals surface area contributed by atoms with E-state index in [4.69, 9.17) is 16.7 Å². The van der Waals surface area contributed by atoms with E-state index in [1.807, 2.05) is 32.9 Å². The number of aliphatic hydroxyl groups excluding tert-OH is 1. The molecule has 0 atom stereocenters. The second kappa shape index (κ2) is 6.94. The van der Waals surface area contributed by atoms with E-state index in [1.54, 1.807) is 21.7 Å². The van der Waals surface area contributed by atoms with Crippen molar-refractivity contribution >= 4 is 17.5 Å². The third-order valence-electron chi connectivity index (χ3n) is 3.60. The predicted octanol–water partition coefficient (Wildman–Crippen LogP) is 2.60. The molecule has 22 heavy (non-hydrogen) atoms. The summed E-state index contributed by atoms with van der Waals surface area (Å²) >= 11 is 6.16. The predicted molar refractivity (Wildman–Crippen MR) is 86.7 cm³/mol. The Kier molecular flexibility index (Phi) is 5.21. The van der Waals surface area contributed by atoms with E-state index in [0.717, 1.165) is 17.1 Å². The van der Waals surface area contributed by atoms with Crippen LogP contribution in [0, 0.1) is 13.8 Å². The minimum atomic E-state index is -0.0884. The SMILES string of the molecule is CCN(CCO)C(=O)c1ccc(-n2nc(C)c(Cl)c2C)cc1. The standard InChI is InChI=1S/C16H20ClN3O2/c1-4-19(9-10-21)16(22)13-5-7-14(8-6-13)20-12(3)15(17)11(2)18-20/h5-8,21H,4,9-10H2,1-3H3. The van der Waals surface area contributed by atoms with Crippen molar-refractivity contribution < 1.29 is 9.90 Å². The van der Waals surface area contributed by atoms with Crippen LogP contribution in [0.2, 0.25) is 5.02 Å². The molecule has 0 saturated heterocycles. The minimum Gasteiger partial charge on any atom is -0.395 e. The molecule has 1 heterocycles. The highest BCUT2D eigenvalue weighted by atomic mass is 35.5. The van der Waals surface area contributed by atoms with Crippen molar-refractivity contribution in [3.05, 3.63) is 46.2 Å². The lowest BCUT2D eigenvalue weighted by atomic mass is 10.1. The highest BCUT2D eigenvalue weighted by molar-refractivity contribution is 6.31. The van der Waals surface area contributed by atoms with Crippen molar-refractivity contribution in [1.29, 1.82) is 0 Å². The number of likely N-dealkylation sites (N-methyl/N-ethyl adjacent to an activating group) is 1. The molecule has 1 amide bonds. The van der Waals surface area contributed by atoms with Gasteiger partial charge < -0.3 is 10.0 Å². The molecular formula is C16H20ClN3O2. The molecule has 2 rings (SSSR count). The second-order valence-electron chi connectivity index (χ2n) is 5.05. The molecule has 6 heteroatoms. The Bertz CT molecular complexity index is 665. The van der Waals surface area contributed by atoms with Crippen LogP contribution in [0.15, 0.2) is 24.3 Å². The van der Waals surface area contributed by atoms with Gasteiger partial charge in [0.25, 0.3) is 5.91 Å². The summed E-state index contributed by atoms with van der Waals surface area (Å²) in [5.74, 6) is -0.0884. The number of nitrogens with zero attached hydrogens (tertiary/aromatic N) is 3. The van der Waals surface area contributed by atoms with Crippen LogP contribution in [0.1, 0.15) is 28.7 Å². The fourth-order valence-electron chi connectivity index (χ4n) is 2.33. The van der Waals surface area contributed by atoms with E-state index < -0.39 is 0 Å². The summed E-state index contributed by atoms with van der Waals surface area (Å²) in [7, 11) is 0. The van der Waals surface area contributed by atoms with Crippen LogP contribution in [-0.2, 0) is 0 Å². The number of aryl methyl sites for hydroxylation is 1. The molecule has 1 N–H and O–H groups in total. The first-order chi connectivity index (χ1) is 10.5. The van der Waals surface area contributed by atoms with E-state index in [0.29, 0.717) is 23.7 Å². The van der Waals surface area contributed by atoms with E-state index in [1.165, 1.54) is 0 Å². The first-order valence-corrected chi connectivity index (χ1v) is 7.59. The Morgan fingerprint density at radius 1 is 1.32 bits per heavy atom. The zero-order chi connectivity index (χ0) is 16.3. The number of aliphatic hydroxyl groups is 1. The lowest BCUT2D eigenvalue weighted by Crippen LogP contribution is -2.33. The number of rotatable bonds is 5. The summed E-state index contributed by atoms with van der Waals surface area (Å²) in [5.41, 5.74) is 3.09. The zero-order valence-corrected chi connectivity index (χ0v) is 13.8. The molecule has 1 aromatic carbocycles. The van der Waals surface area contributed by atoms with Gasteiger partial charge in [-0.3, -0.25) is 4.79 Å². The topological polar surface area (TPSA) is 58.4 Å². The first-order valence-electron chi connectivity index (χ1n) is 7.21. The summed E-state index contributed by atoms with van der Waals surface area (Å²) in [6.07, 6.45) is 0. The summed E-state index contributed by atoms with van der Waals surface area (Å²) in [6.45, 7) is 6.51. The van der Waals surface area contributed by atoms with E-state index in [-0.39, 0.29) is 12.5 Å². The zero-order valence-electron chi connectivity index (χ0n) is 13.0. The Morgan fingerprint density at radius 3 is 2.41 bits per heavy atom. The molecule has 0 unspecified atom stereocenters. The lowest BCUT2D eigenvalue weighted by molar-refractivity contribution is 0.0732. The van der Waals surface area contributed by atoms with Crippen molar-refractivity contribution in [3.8, 4) is 5.69 Å². The molecule has 0 saturated carbocycles. The summed E-state index contributed by atoms with van der Waals surface area (Å²) in [4.78, 5) is 13.9. The summed E-state index contributed by atoms with van der Waals surface area (Å²) in [6, 6.07) is 7.22. The van der Waals surface area contributed by atoms with E-state index in [9.17, 15) is 4.79 Å². The highest BCUT2D eigenvalue weighted by Gasteiger charge is 2.15. The molecule has 0 aliphatic carbocycles. The van der Waals surface area contributed by atoms with Gasteiger partial charge in [-0.1, -0.05) is 11.6 Å². The minimum absolute atomic E-state index is 0.0398. The maximum absolute atomic E-state index is 12.3. The van der Waals surface area contributed by atoms with Crippen LogP contribution in [-0.4, -0.2) is 45.4 Å². The van der Waals surface area contributed by atoms with Crippen molar-refractivity contribution in [1.82, 2.24) is 14.7 Å². The van der Waals surface area contributed by atoms with Gasteiger partial charge in [0.1, 0.15) is 0 Å². The van der Waals surface area contributed by atoms with E-state index >= 15 is 0 Å². The van der Waals surface area contributed by atoms with Gasteiger partial charge in [0, 0.05) is 18.7 Å². The number of hydrogen-bond acceptors (Lipinski definition) is 3. The van der Waals surface area contributed by atoms with Gasteiger partial charge in [-0.2, -0.15) is 5.10 Å². The normalized spacial score (nSPS) is 10.8. The molecule has 0 aliphatic heterocycles. The molecule has 0 fully saturated rings. The number of carbonyl (C=O) groups is 1. The molecule has 0 spiro atoms. The molecule has 0 bridgehead atoms. The van der Waals surface area contributed by atoms with Gasteiger partial charge in [-0.15, -0.1) is 0 Å². The average Bonchev–Trinajstić information content (AvgIpc) is 2.79. The third kappa shape index (κ3) is 3.15. The van der Waals surface area contributed by atoms with Gasteiger partial charge in [0.15, 0.2) is 0 Å². The number of carbonyl (C=O) groups excluding carboxylic acids is 1. The fourth-order valence-corrected chi connectivity index (χ4v) is 2.44. The van der Waals surface area contributed by atoms with Crippen LogP contribution >= 0.6 is 11.6 Å². The van der Waals surface area contributed by atoms with Gasteiger partial charge in [0.2, 0.25) is 0 Å². The Hall–Kier alpha value is -1.85. The smallest absolute Gasteiger partial charge is 0.253 e. The van der Waals surface area contributed by atoms with Crippen LogP contribution in [0.5, 0.6) is 0 Å². The Labute approximate surface area is 135 Å². The fraction of sp³-hybridized carbons (Fsp3) is 0.375. The molecule has 118 valence electrons. The monoisotopic (exact) mass is 321 g/mol. The summed E-state index contributed by atoms with van der Waals surface area (Å²) < 4.78 is 1.76. The number of hydrogen-bond donors (Lipinski definition) is 1. The van der Waals surface area contributed by atoms with E-state index in [2.05, 4.69) is 5.10 Å². The van der Waals surface area contributed by atoms with Crippen LogP contribution in [0.4, 0.5) is 0 Å². The molecule has 1 aromatic heterocycles. The number of halogens is 1. The van der Waals surface area contributed by atoms with Crippen LogP contribution in [0.3, 0.4) is 0 Å². The Morgan fingerprint density at radius 2 is 1.95 bits per heavy atom. The van der Waals surface area contributed by atoms with Crippen LogP contribution < -0.4 is 0 Å². The first kappa shape index (κ1) is 16.5. The van der Waals surface area contributed by atoms with Crippen molar-refractivity contribution in [2.24, 2.45) is 0 Å². The summed E-state index contributed by atoms with van der Waals surface area (Å²) in [5, 5.41) is 14.0. The van der Waals surface area contributed by atoms with Crippen LogP contribution in [0.25, 0.3) is 5.69 Å². The van der Waals surface area contributed by atoms with Crippen molar-refractivity contribution in [3.63, 3.8) is 0 Å². The molecule has 0 aliphatic rings. The molecule has 0 radical (unpaired) electrons.